The van der Waals surface area contributed by atoms with Gasteiger partial charge in [0.05, 0.1) is 0 Å². The largest absolute Gasteiger partial charge is 0.294 e. The van der Waals surface area contributed by atoms with Crippen molar-refractivity contribution in [3.63, 3.8) is 0 Å². The molecule has 146 valence electrons. The minimum atomic E-state index is 0.0835. The molecular formula is C27H26OS. The first kappa shape index (κ1) is 18.7. The van der Waals surface area contributed by atoms with Gasteiger partial charge in [-0.3, -0.25) is 4.79 Å². The quantitative estimate of drug-likeness (QED) is 0.420. The number of rotatable bonds is 4. The maximum absolute atomic E-state index is 12.4. The summed E-state index contributed by atoms with van der Waals surface area (Å²) in [7, 11) is 0. The van der Waals surface area contributed by atoms with Crippen LogP contribution in [0.4, 0.5) is 0 Å². The van der Waals surface area contributed by atoms with E-state index in [-0.39, 0.29) is 11.2 Å². The second-order valence-electron chi connectivity index (χ2n) is 8.30. The molecule has 0 aromatic heterocycles. The van der Waals surface area contributed by atoms with Crippen molar-refractivity contribution in [2.24, 2.45) is 0 Å². The summed E-state index contributed by atoms with van der Waals surface area (Å²) in [6, 6.07) is 24.1. The Bertz CT molecular complexity index is 1060. The molecule has 0 atom stereocenters. The van der Waals surface area contributed by atoms with Crippen LogP contribution in [0.5, 0.6) is 0 Å². The van der Waals surface area contributed by atoms with E-state index in [9.17, 15) is 4.79 Å². The molecule has 2 heteroatoms. The molecule has 0 N–H and O–H groups in total. The molecule has 3 aromatic rings. The summed E-state index contributed by atoms with van der Waals surface area (Å²) < 4.78 is 0. The molecule has 2 aliphatic rings. The lowest BCUT2D eigenvalue weighted by molar-refractivity contribution is 0.0988. The molecule has 0 aliphatic heterocycles. The molecular weight excluding hydrogens is 372 g/mol. The molecule has 29 heavy (non-hydrogen) atoms. The second kappa shape index (κ2) is 7.50. The van der Waals surface area contributed by atoms with Gasteiger partial charge in [0.2, 0.25) is 0 Å². The van der Waals surface area contributed by atoms with Crippen molar-refractivity contribution in [1.29, 1.82) is 0 Å². The van der Waals surface area contributed by atoms with Crippen LogP contribution in [0.3, 0.4) is 0 Å². The SMILES string of the molecule is CCC(=O)c1ccc2c(c1)C1(CCCCC1)c1cc(Sc3ccccc3)ccc1-2. The lowest BCUT2D eigenvalue weighted by atomic mass is 9.67. The number of ketones is 1. The van der Waals surface area contributed by atoms with Gasteiger partial charge < -0.3 is 0 Å². The van der Waals surface area contributed by atoms with Crippen LogP contribution in [0.1, 0.15) is 66.9 Å². The fourth-order valence-electron chi connectivity index (χ4n) is 5.23. The Balaban J connectivity index is 1.62. The highest BCUT2D eigenvalue weighted by molar-refractivity contribution is 7.99. The van der Waals surface area contributed by atoms with Gasteiger partial charge in [-0.25, -0.2) is 0 Å². The predicted octanol–water partition coefficient (Wildman–Crippen LogP) is 7.66. The normalized spacial score (nSPS) is 16.4. The van der Waals surface area contributed by atoms with Crippen LogP contribution in [0.15, 0.2) is 76.5 Å². The Morgan fingerprint density at radius 2 is 1.52 bits per heavy atom. The van der Waals surface area contributed by atoms with Crippen molar-refractivity contribution < 1.29 is 4.79 Å². The number of hydrogen-bond acceptors (Lipinski definition) is 2. The van der Waals surface area contributed by atoms with Gasteiger partial charge in [0.25, 0.3) is 0 Å². The van der Waals surface area contributed by atoms with E-state index in [4.69, 9.17) is 0 Å². The zero-order valence-corrected chi connectivity index (χ0v) is 17.7. The van der Waals surface area contributed by atoms with Crippen LogP contribution in [-0.2, 0) is 5.41 Å². The van der Waals surface area contributed by atoms with Gasteiger partial charge in [-0.05, 0) is 65.4 Å². The second-order valence-corrected chi connectivity index (χ2v) is 9.45. The molecule has 0 saturated heterocycles. The number of carbonyl (C=O) groups is 1. The Morgan fingerprint density at radius 1 is 0.828 bits per heavy atom. The van der Waals surface area contributed by atoms with E-state index in [0.717, 1.165) is 5.56 Å². The van der Waals surface area contributed by atoms with Crippen molar-refractivity contribution in [2.45, 2.75) is 60.7 Å². The molecule has 1 spiro atoms. The third-order valence-electron chi connectivity index (χ3n) is 6.66. The number of carbonyl (C=O) groups excluding carboxylic acids is 1. The van der Waals surface area contributed by atoms with Crippen molar-refractivity contribution in [3.8, 4) is 11.1 Å². The number of hydrogen-bond donors (Lipinski definition) is 0. The maximum Gasteiger partial charge on any atom is 0.162 e. The summed E-state index contributed by atoms with van der Waals surface area (Å²) in [6.07, 6.45) is 6.79. The Labute approximate surface area is 177 Å². The van der Waals surface area contributed by atoms with Gasteiger partial charge in [0.15, 0.2) is 5.78 Å². The molecule has 0 unspecified atom stereocenters. The topological polar surface area (TPSA) is 17.1 Å². The minimum absolute atomic E-state index is 0.0835. The smallest absolute Gasteiger partial charge is 0.162 e. The summed E-state index contributed by atoms with van der Waals surface area (Å²) >= 11 is 1.84. The average Bonchev–Trinajstić information content (AvgIpc) is 3.03. The molecule has 1 fully saturated rings. The van der Waals surface area contributed by atoms with E-state index in [0.29, 0.717) is 6.42 Å². The highest BCUT2D eigenvalue weighted by Gasteiger charge is 2.44. The highest BCUT2D eigenvalue weighted by atomic mass is 32.2. The fourth-order valence-corrected chi connectivity index (χ4v) is 6.11. The first-order valence-electron chi connectivity index (χ1n) is 10.8. The van der Waals surface area contributed by atoms with E-state index in [1.807, 2.05) is 24.8 Å². The summed E-state index contributed by atoms with van der Waals surface area (Å²) in [5.41, 5.74) is 6.55. The van der Waals surface area contributed by atoms with E-state index in [1.54, 1.807) is 0 Å². The lowest BCUT2D eigenvalue weighted by Gasteiger charge is -2.36. The van der Waals surface area contributed by atoms with Crippen LogP contribution in [0.25, 0.3) is 11.1 Å². The van der Waals surface area contributed by atoms with Crippen LogP contribution in [0, 0.1) is 0 Å². The molecule has 0 radical (unpaired) electrons. The molecule has 0 heterocycles. The highest BCUT2D eigenvalue weighted by Crippen LogP contribution is 2.56. The lowest BCUT2D eigenvalue weighted by Crippen LogP contribution is -2.28. The van der Waals surface area contributed by atoms with Gasteiger partial charge in [0.1, 0.15) is 0 Å². The summed E-state index contributed by atoms with van der Waals surface area (Å²) in [5.74, 6) is 0.245. The van der Waals surface area contributed by atoms with Crippen LogP contribution in [-0.4, -0.2) is 5.78 Å². The first-order valence-corrected chi connectivity index (χ1v) is 11.6. The van der Waals surface area contributed by atoms with Gasteiger partial charge >= 0.3 is 0 Å². The van der Waals surface area contributed by atoms with E-state index in [1.165, 1.54) is 64.1 Å². The zero-order valence-electron chi connectivity index (χ0n) is 16.9. The van der Waals surface area contributed by atoms with Gasteiger partial charge in [-0.2, -0.15) is 0 Å². The summed E-state index contributed by atoms with van der Waals surface area (Å²) in [6.45, 7) is 1.95. The van der Waals surface area contributed by atoms with E-state index >= 15 is 0 Å². The molecule has 0 amide bonds. The van der Waals surface area contributed by atoms with Gasteiger partial charge in [-0.15, -0.1) is 0 Å². The molecule has 2 aliphatic carbocycles. The minimum Gasteiger partial charge on any atom is -0.294 e. The zero-order chi connectivity index (χ0) is 19.8. The Hall–Kier alpha value is -2.32. The number of Topliss-reactive ketones (excluding diaryl/α,β-unsaturated/α-hetero) is 1. The molecule has 5 rings (SSSR count). The predicted molar refractivity (Wildman–Crippen MR) is 121 cm³/mol. The third-order valence-corrected chi connectivity index (χ3v) is 7.66. The van der Waals surface area contributed by atoms with E-state index in [2.05, 4.69) is 60.7 Å². The first-order chi connectivity index (χ1) is 14.2. The van der Waals surface area contributed by atoms with Crippen molar-refractivity contribution in [2.75, 3.05) is 0 Å². The summed E-state index contributed by atoms with van der Waals surface area (Å²) in [5, 5.41) is 0. The summed E-state index contributed by atoms with van der Waals surface area (Å²) in [4.78, 5) is 15.0. The van der Waals surface area contributed by atoms with Gasteiger partial charge in [0, 0.05) is 27.2 Å². The van der Waals surface area contributed by atoms with Crippen molar-refractivity contribution >= 4 is 17.5 Å². The third kappa shape index (κ3) is 3.14. The number of fused-ring (bicyclic) bond motifs is 5. The van der Waals surface area contributed by atoms with Crippen molar-refractivity contribution in [1.82, 2.24) is 0 Å². The van der Waals surface area contributed by atoms with Crippen LogP contribution >= 0.6 is 11.8 Å². The van der Waals surface area contributed by atoms with Gasteiger partial charge in [-0.1, -0.05) is 74.3 Å². The molecule has 1 nitrogen and oxygen atoms in total. The molecule has 3 aromatic carbocycles. The molecule has 0 bridgehead atoms. The Kier molecular flexibility index (Phi) is 4.83. The monoisotopic (exact) mass is 398 g/mol. The van der Waals surface area contributed by atoms with E-state index < -0.39 is 0 Å². The maximum atomic E-state index is 12.4. The number of benzene rings is 3. The standard InChI is InChI=1S/C27H26OS/c1-2-26(28)19-11-13-22-23-14-12-21(29-20-9-5-3-6-10-20)18-25(23)27(24(22)17-19)15-7-4-8-16-27/h3,5-6,9-14,17-18H,2,4,7-8,15-16H2,1H3. The Morgan fingerprint density at radius 3 is 2.24 bits per heavy atom. The van der Waals surface area contributed by atoms with Crippen molar-refractivity contribution in [3.05, 3.63) is 83.4 Å². The average molecular weight is 399 g/mol. The molecule has 1 saturated carbocycles. The van der Waals surface area contributed by atoms with Crippen LogP contribution < -0.4 is 0 Å². The fraction of sp³-hybridized carbons (Fsp3) is 0.296. The van der Waals surface area contributed by atoms with Crippen LogP contribution in [0.2, 0.25) is 0 Å².